The number of thioether (sulfide) groups is 1. The second-order valence-electron chi connectivity index (χ2n) is 4.11. The summed E-state index contributed by atoms with van der Waals surface area (Å²) in [5.74, 6) is 5.38. The van der Waals surface area contributed by atoms with Crippen LogP contribution in [-0.2, 0) is 0 Å². The molecule has 2 nitrogen and oxygen atoms in total. The number of halogens is 4. The lowest BCUT2D eigenvalue weighted by Gasteiger charge is -2.16. The SMILES string of the molecule is NNC(CCCC(F)(F)F)CSc1ccccc1F. The molecule has 0 spiro atoms. The zero-order valence-electron chi connectivity index (χ0n) is 10.2. The highest BCUT2D eigenvalue weighted by Gasteiger charge is 2.26. The Bertz CT molecular complexity index is 384. The molecule has 0 amide bonds. The molecule has 0 radical (unpaired) electrons. The van der Waals surface area contributed by atoms with E-state index >= 15 is 0 Å². The fourth-order valence-corrected chi connectivity index (χ4v) is 2.54. The fourth-order valence-electron chi connectivity index (χ4n) is 1.52. The number of nitrogens with two attached hydrogens (primary N) is 1. The Hall–Kier alpha value is -0.790. The van der Waals surface area contributed by atoms with Crippen LogP contribution in [0.4, 0.5) is 17.6 Å². The minimum Gasteiger partial charge on any atom is -0.271 e. The molecule has 0 aliphatic carbocycles. The van der Waals surface area contributed by atoms with Gasteiger partial charge in [0.05, 0.1) is 0 Å². The highest BCUT2D eigenvalue weighted by Crippen LogP contribution is 2.25. The van der Waals surface area contributed by atoms with E-state index in [-0.39, 0.29) is 18.3 Å². The van der Waals surface area contributed by atoms with Crippen molar-refractivity contribution in [3.63, 3.8) is 0 Å². The maximum absolute atomic E-state index is 13.3. The van der Waals surface area contributed by atoms with Gasteiger partial charge in [-0.25, -0.2) is 4.39 Å². The van der Waals surface area contributed by atoms with Gasteiger partial charge in [-0.3, -0.25) is 11.3 Å². The molecule has 108 valence electrons. The van der Waals surface area contributed by atoms with Crippen LogP contribution in [-0.4, -0.2) is 18.0 Å². The van der Waals surface area contributed by atoms with Crippen LogP contribution < -0.4 is 11.3 Å². The lowest BCUT2D eigenvalue weighted by Crippen LogP contribution is -2.37. The van der Waals surface area contributed by atoms with Gasteiger partial charge in [0.1, 0.15) is 5.82 Å². The molecule has 0 aliphatic rings. The highest BCUT2D eigenvalue weighted by molar-refractivity contribution is 7.99. The molecule has 0 fully saturated rings. The molecule has 1 aromatic carbocycles. The van der Waals surface area contributed by atoms with Crippen molar-refractivity contribution in [2.24, 2.45) is 5.84 Å². The first kappa shape index (κ1) is 16.3. The smallest absolute Gasteiger partial charge is 0.271 e. The molecule has 1 aromatic rings. The molecule has 1 atom stereocenters. The van der Waals surface area contributed by atoms with Crippen LogP contribution in [0, 0.1) is 5.82 Å². The minimum absolute atomic E-state index is 0.0101. The molecular weight excluding hydrogens is 280 g/mol. The summed E-state index contributed by atoms with van der Waals surface area (Å²) in [4.78, 5) is 0.471. The van der Waals surface area contributed by atoms with Gasteiger partial charge in [-0.05, 0) is 25.0 Å². The van der Waals surface area contributed by atoms with E-state index in [0.29, 0.717) is 17.1 Å². The molecular formula is C12H16F4N2S. The summed E-state index contributed by atoms with van der Waals surface area (Å²) < 4.78 is 49.4. The normalized spacial score (nSPS) is 13.5. The molecule has 1 rings (SSSR count). The fraction of sp³-hybridized carbons (Fsp3) is 0.500. The van der Waals surface area contributed by atoms with Gasteiger partial charge in [0, 0.05) is 23.1 Å². The topological polar surface area (TPSA) is 38.0 Å². The van der Waals surface area contributed by atoms with E-state index in [4.69, 9.17) is 5.84 Å². The summed E-state index contributed by atoms with van der Waals surface area (Å²) in [5.41, 5.74) is 2.47. The summed E-state index contributed by atoms with van der Waals surface area (Å²) >= 11 is 1.24. The molecule has 0 heterocycles. The van der Waals surface area contributed by atoms with E-state index in [1.165, 1.54) is 17.8 Å². The molecule has 19 heavy (non-hydrogen) atoms. The molecule has 3 N–H and O–H groups in total. The second-order valence-corrected chi connectivity index (χ2v) is 5.17. The van der Waals surface area contributed by atoms with Crippen molar-refractivity contribution >= 4 is 11.8 Å². The molecule has 0 aliphatic heterocycles. The van der Waals surface area contributed by atoms with E-state index in [1.54, 1.807) is 18.2 Å². The number of benzene rings is 1. The largest absolute Gasteiger partial charge is 0.389 e. The zero-order valence-corrected chi connectivity index (χ0v) is 11.0. The van der Waals surface area contributed by atoms with E-state index in [9.17, 15) is 17.6 Å². The van der Waals surface area contributed by atoms with E-state index in [0.717, 1.165) is 0 Å². The Morgan fingerprint density at radius 1 is 1.26 bits per heavy atom. The molecule has 0 saturated carbocycles. The molecule has 0 bridgehead atoms. The Morgan fingerprint density at radius 2 is 1.95 bits per heavy atom. The molecule has 0 saturated heterocycles. The Labute approximate surface area is 113 Å². The first-order valence-electron chi connectivity index (χ1n) is 5.82. The van der Waals surface area contributed by atoms with Crippen molar-refractivity contribution in [3.8, 4) is 0 Å². The molecule has 0 aromatic heterocycles. The minimum atomic E-state index is -4.14. The van der Waals surface area contributed by atoms with Crippen molar-refractivity contribution in [3.05, 3.63) is 30.1 Å². The summed E-state index contributed by atoms with van der Waals surface area (Å²) in [7, 11) is 0. The van der Waals surface area contributed by atoms with Crippen LogP contribution in [0.25, 0.3) is 0 Å². The quantitative estimate of drug-likeness (QED) is 0.350. The summed E-state index contributed by atoms with van der Waals surface area (Å²) in [5, 5.41) is 0. The van der Waals surface area contributed by atoms with Crippen molar-refractivity contribution in [1.29, 1.82) is 0 Å². The maximum Gasteiger partial charge on any atom is 0.389 e. The number of rotatable bonds is 7. The number of hydrogen-bond donors (Lipinski definition) is 2. The van der Waals surface area contributed by atoms with Crippen LogP contribution in [0.15, 0.2) is 29.2 Å². The third kappa shape index (κ3) is 6.79. The Morgan fingerprint density at radius 3 is 2.53 bits per heavy atom. The highest BCUT2D eigenvalue weighted by atomic mass is 32.2. The average molecular weight is 296 g/mol. The van der Waals surface area contributed by atoms with Crippen molar-refractivity contribution in [2.45, 2.75) is 36.4 Å². The van der Waals surface area contributed by atoms with Crippen LogP contribution in [0.5, 0.6) is 0 Å². The van der Waals surface area contributed by atoms with Crippen molar-refractivity contribution in [1.82, 2.24) is 5.43 Å². The zero-order chi connectivity index (χ0) is 14.3. The number of hydrogen-bond acceptors (Lipinski definition) is 3. The first-order valence-corrected chi connectivity index (χ1v) is 6.81. The lowest BCUT2D eigenvalue weighted by molar-refractivity contribution is -0.135. The molecule has 7 heteroatoms. The van der Waals surface area contributed by atoms with Crippen LogP contribution in [0.2, 0.25) is 0 Å². The van der Waals surface area contributed by atoms with Gasteiger partial charge >= 0.3 is 6.18 Å². The van der Waals surface area contributed by atoms with E-state index < -0.39 is 12.6 Å². The second kappa shape index (κ2) is 7.72. The van der Waals surface area contributed by atoms with Crippen LogP contribution in [0.3, 0.4) is 0 Å². The third-order valence-electron chi connectivity index (χ3n) is 2.53. The van der Waals surface area contributed by atoms with Gasteiger partial charge < -0.3 is 0 Å². The maximum atomic E-state index is 13.3. The summed E-state index contributed by atoms with van der Waals surface area (Å²) in [6.07, 6.45) is -4.65. The standard InChI is InChI=1S/C12H16F4N2S/c13-10-5-1-2-6-11(10)19-8-9(18-17)4-3-7-12(14,15)16/h1-2,5-6,9,18H,3-4,7-8,17H2. The monoisotopic (exact) mass is 296 g/mol. The lowest BCUT2D eigenvalue weighted by atomic mass is 10.1. The third-order valence-corrected chi connectivity index (χ3v) is 3.74. The Kier molecular flexibility index (Phi) is 6.60. The summed E-state index contributed by atoms with van der Waals surface area (Å²) in [6.45, 7) is 0. The predicted molar refractivity (Wildman–Crippen MR) is 68.1 cm³/mol. The number of hydrazine groups is 1. The van der Waals surface area contributed by atoms with Gasteiger partial charge in [0.2, 0.25) is 0 Å². The van der Waals surface area contributed by atoms with E-state index in [1.807, 2.05) is 0 Å². The van der Waals surface area contributed by atoms with Crippen molar-refractivity contribution in [2.75, 3.05) is 5.75 Å². The van der Waals surface area contributed by atoms with Gasteiger partial charge in [-0.2, -0.15) is 13.2 Å². The Balaban J connectivity index is 2.35. The van der Waals surface area contributed by atoms with E-state index in [2.05, 4.69) is 5.43 Å². The van der Waals surface area contributed by atoms with Gasteiger partial charge in [-0.1, -0.05) is 12.1 Å². The predicted octanol–water partition coefficient (Wildman–Crippen LogP) is 3.48. The van der Waals surface area contributed by atoms with Gasteiger partial charge in [0.15, 0.2) is 0 Å². The van der Waals surface area contributed by atoms with Gasteiger partial charge in [0.25, 0.3) is 0 Å². The van der Waals surface area contributed by atoms with Crippen LogP contribution >= 0.6 is 11.8 Å². The van der Waals surface area contributed by atoms with Crippen LogP contribution in [0.1, 0.15) is 19.3 Å². The number of alkyl halides is 3. The summed E-state index contributed by atoms with van der Waals surface area (Å²) in [6, 6.07) is 5.99. The average Bonchev–Trinajstić information content (AvgIpc) is 2.34. The first-order chi connectivity index (χ1) is 8.92. The number of nitrogens with one attached hydrogen (secondary N) is 1. The van der Waals surface area contributed by atoms with Gasteiger partial charge in [-0.15, -0.1) is 11.8 Å². The van der Waals surface area contributed by atoms with Crippen molar-refractivity contribution < 1.29 is 17.6 Å². The molecule has 1 unspecified atom stereocenters.